The summed E-state index contributed by atoms with van der Waals surface area (Å²) in [6, 6.07) is 8.91. The predicted molar refractivity (Wildman–Crippen MR) is 111 cm³/mol. The number of hydrogen-bond acceptors (Lipinski definition) is 5. The molecule has 1 saturated heterocycles. The number of hydrogen-bond donors (Lipinski definition) is 1. The number of imide groups is 1. The van der Waals surface area contributed by atoms with Crippen LogP contribution >= 0.6 is 11.3 Å². The van der Waals surface area contributed by atoms with Crippen LogP contribution in [0.2, 0.25) is 0 Å². The van der Waals surface area contributed by atoms with Crippen LogP contribution in [0.15, 0.2) is 35.7 Å². The minimum Gasteiger partial charge on any atom is -0.323 e. The summed E-state index contributed by atoms with van der Waals surface area (Å²) in [5.41, 5.74) is 0.795. The molecular weight excluding hydrogens is 388 g/mol. The number of nitrogens with one attached hydrogen (secondary N) is 1. The Morgan fingerprint density at radius 3 is 2.59 bits per heavy atom. The highest BCUT2D eigenvalue weighted by Crippen LogP contribution is 2.34. The number of anilines is 2. The van der Waals surface area contributed by atoms with Crippen LogP contribution in [0, 0.1) is 6.92 Å². The van der Waals surface area contributed by atoms with Crippen LogP contribution < -0.4 is 10.2 Å². The van der Waals surface area contributed by atoms with Gasteiger partial charge in [-0.05, 0) is 31.9 Å². The Morgan fingerprint density at radius 2 is 1.93 bits per heavy atom. The molecule has 1 aromatic heterocycles. The number of rotatable bonds is 5. The molecule has 0 radical (unpaired) electrons. The van der Waals surface area contributed by atoms with Crippen LogP contribution in [0.25, 0.3) is 0 Å². The first kappa shape index (κ1) is 19.6. The lowest BCUT2D eigenvalue weighted by Gasteiger charge is -2.30. The number of para-hydroxylation sites is 1. The van der Waals surface area contributed by atoms with Gasteiger partial charge in [0, 0.05) is 18.3 Å². The van der Waals surface area contributed by atoms with Crippen molar-refractivity contribution >= 4 is 40.0 Å². The molecule has 4 rings (SSSR count). The normalized spacial score (nSPS) is 18.2. The molecule has 8 heteroatoms. The average molecular weight is 413 g/mol. The van der Waals surface area contributed by atoms with E-state index in [2.05, 4.69) is 10.3 Å². The fourth-order valence-electron chi connectivity index (χ4n) is 4.08. The van der Waals surface area contributed by atoms with Gasteiger partial charge in [0.15, 0.2) is 5.13 Å². The molecule has 1 saturated carbocycles. The molecule has 2 fully saturated rings. The van der Waals surface area contributed by atoms with Crippen molar-refractivity contribution in [3.8, 4) is 0 Å². The van der Waals surface area contributed by atoms with Gasteiger partial charge in [-0.1, -0.05) is 37.5 Å². The van der Waals surface area contributed by atoms with Crippen LogP contribution in [0.4, 0.5) is 15.6 Å². The topological polar surface area (TPSA) is 82.6 Å². The second-order valence-electron chi connectivity index (χ2n) is 7.62. The van der Waals surface area contributed by atoms with Crippen molar-refractivity contribution in [2.24, 2.45) is 0 Å². The zero-order valence-corrected chi connectivity index (χ0v) is 17.2. The summed E-state index contributed by atoms with van der Waals surface area (Å²) in [6.45, 7) is 1.95. The number of urea groups is 1. The third-order valence-electron chi connectivity index (χ3n) is 5.56. The van der Waals surface area contributed by atoms with Gasteiger partial charge in [-0.15, -0.1) is 11.3 Å². The van der Waals surface area contributed by atoms with Crippen LogP contribution in [0.1, 0.15) is 44.2 Å². The van der Waals surface area contributed by atoms with E-state index >= 15 is 0 Å². The fourth-order valence-corrected chi connectivity index (χ4v) is 4.91. The summed E-state index contributed by atoms with van der Waals surface area (Å²) in [5, 5.41) is 5.37. The standard InChI is InChI=1S/C21H24N4O3S/c1-15-14-29-20(22-15)25(16-8-4-2-5-9-16)17(26)10-13-24-18(27)21(23-19(24)28)11-6-3-7-12-21/h2,4-5,8-9,14H,3,6-7,10-13H2,1H3,(H,23,28). The van der Waals surface area contributed by atoms with E-state index < -0.39 is 5.54 Å². The molecule has 1 N–H and O–H groups in total. The highest BCUT2D eigenvalue weighted by Gasteiger charge is 2.51. The molecule has 1 spiro atoms. The Morgan fingerprint density at radius 1 is 1.21 bits per heavy atom. The third-order valence-corrected chi connectivity index (χ3v) is 6.51. The first-order valence-corrected chi connectivity index (χ1v) is 10.8. The van der Waals surface area contributed by atoms with Gasteiger partial charge in [0.2, 0.25) is 5.91 Å². The third kappa shape index (κ3) is 3.76. The summed E-state index contributed by atoms with van der Waals surface area (Å²) in [7, 11) is 0. The molecule has 2 aliphatic rings. The van der Waals surface area contributed by atoms with E-state index in [-0.39, 0.29) is 30.8 Å². The van der Waals surface area contributed by atoms with Crippen LogP contribution in [-0.4, -0.2) is 39.8 Å². The number of carbonyl (C=O) groups excluding carboxylic acids is 3. The Labute approximate surface area is 173 Å². The highest BCUT2D eigenvalue weighted by molar-refractivity contribution is 7.14. The molecule has 1 aliphatic heterocycles. The first-order chi connectivity index (χ1) is 14.0. The van der Waals surface area contributed by atoms with E-state index in [0.717, 1.165) is 25.0 Å². The van der Waals surface area contributed by atoms with E-state index in [9.17, 15) is 14.4 Å². The maximum absolute atomic E-state index is 13.1. The Balaban J connectivity index is 1.50. The van der Waals surface area contributed by atoms with E-state index in [4.69, 9.17) is 0 Å². The van der Waals surface area contributed by atoms with Gasteiger partial charge in [-0.3, -0.25) is 19.4 Å². The van der Waals surface area contributed by atoms with Crippen molar-refractivity contribution in [2.45, 2.75) is 51.0 Å². The quantitative estimate of drug-likeness (QED) is 0.758. The van der Waals surface area contributed by atoms with Crippen molar-refractivity contribution in [3.63, 3.8) is 0 Å². The number of aromatic nitrogens is 1. The van der Waals surface area contributed by atoms with Crippen molar-refractivity contribution in [2.75, 3.05) is 11.4 Å². The van der Waals surface area contributed by atoms with Crippen molar-refractivity contribution in [1.29, 1.82) is 0 Å². The molecule has 0 unspecified atom stereocenters. The molecule has 29 heavy (non-hydrogen) atoms. The monoisotopic (exact) mass is 412 g/mol. The lowest BCUT2D eigenvalue weighted by Crippen LogP contribution is -2.48. The fraction of sp³-hybridized carbons (Fsp3) is 0.429. The van der Waals surface area contributed by atoms with Gasteiger partial charge in [0.1, 0.15) is 5.54 Å². The largest absolute Gasteiger partial charge is 0.325 e. The van der Waals surface area contributed by atoms with Gasteiger partial charge < -0.3 is 5.32 Å². The van der Waals surface area contributed by atoms with Gasteiger partial charge in [0.25, 0.3) is 5.91 Å². The summed E-state index contributed by atoms with van der Waals surface area (Å²) in [4.78, 5) is 45.7. The number of amides is 4. The van der Waals surface area contributed by atoms with Crippen LogP contribution in [0.5, 0.6) is 0 Å². The molecule has 0 bridgehead atoms. The van der Waals surface area contributed by atoms with Gasteiger partial charge in [0.05, 0.1) is 11.4 Å². The van der Waals surface area contributed by atoms with Crippen molar-refractivity contribution in [1.82, 2.24) is 15.2 Å². The number of benzene rings is 1. The molecule has 0 atom stereocenters. The second-order valence-corrected chi connectivity index (χ2v) is 8.45. The maximum atomic E-state index is 13.1. The van der Waals surface area contributed by atoms with Gasteiger partial charge in [-0.25, -0.2) is 9.78 Å². The van der Waals surface area contributed by atoms with E-state index in [1.165, 1.54) is 16.2 Å². The summed E-state index contributed by atoms with van der Waals surface area (Å²) < 4.78 is 0. The number of aryl methyl sites for hydroxylation is 1. The number of carbonyl (C=O) groups is 3. The molecular formula is C21H24N4O3S. The molecule has 152 valence electrons. The summed E-state index contributed by atoms with van der Waals surface area (Å²) in [5.74, 6) is -0.387. The van der Waals surface area contributed by atoms with Gasteiger partial charge >= 0.3 is 6.03 Å². The zero-order chi connectivity index (χ0) is 20.4. The minimum absolute atomic E-state index is 0.0444. The van der Waals surface area contributed by atoms with Crippen molar-refractivity contribution in [3.05, 3.63) is 41.4 Å². The Kier molecular flexibility index (Phi) is 5.36. The van der Waals surface area contributed by atoms with Crippen LogP contribution in [0.3, 0.4) is 0 Å². The molecule has 7 nitrogen and oxygen atoms in total. The van der Waals surface area contributed by atoms with E-state index in [1.807, 2.05) is 42.6 Å². The SMILES string of the molecule is Cc1csc(N(C(=O)CCN2C(=O)NC3(CCCCC3)C2=O)c2ccccc2)n1. The summed E-state index contributed by atoms with van der Waals surface area (Å²) >= 11 is 1.39. The van der Waals surface area contributed by atoms with Crippen molar-refractivity contribution < 1.29 is 14.4 Å². The van der Waals surface area contributed by atoms with E-state index in [0.29, 0.717) is 23.7 Å². The molecule has 1 aliphatic carbocycles. The second kappa shape index (κ2) is 7.94. The summed E-state index contributed by atoms with van der Waals surface area (Å²) in [6.07, 6.45) is 4.35. The lowest BCUT2D eigenvalue weighted by atomic mass is 9.82. The van der Waals surface area contributed by atoms with E-state index in [1.54, 1.807) is 4.90 Å². The Hall–Kier alpha value is -2.74. The molecule has 4 amide bonds. The lowest BCUT2D eigenvalue weighted by molar-refractivity contribution is -0.132. The highest BCUT2D eigenvalue weighted by atomic mass is 32.1. The average Bonchev–Trinajstić information content (AvgIpc) is 3.23. The number of thiazole rings is 1. The van der Waals surface area contributed by atoms with Gasteiger partial charge in [-0.2, -0.15) is 0 Å². The maximum Gasteiger partial charge on any atom is 0.325 e. The zero-order valence-electron chi connectivity index (χ0n) is 16.4. The van der Waals surface area contributed by atoms with Crippen LogP contribution in [-0.2, 0) is 9.59 Å². The Bertz CT molecular complexity index is 921. The number of nitrogens with zero attached hydrogens (tertiary/aromatic N) is 3. The molecule has 1 aromatic carbocycles. The molecule has 2 heterocycles. The smallest absolute Gasteiger partial charge is 0.323 e. The predicted octanol–water partition coefficient (Wildman–Crippen LogP) is 3.76. The first-order valence-electron chi connectivity index (χ1n) is 9.94. The minimum atomic E-state index is -0.760. The molecule has 2 aromatic rings.